The predicted octanol–water partition coefficient (Wildman–Crippen LogP) is 4.01. The number of hydrogen-bond donors (Lipinski definition) is 0. The molecule has 1 fully saturated rings. The van der Waals surface area contributed by atoms with Gasteiger partial charge in [0.15, 0.2) is 0 Å². The van der Waals surface area contributed by atoms with Crippen molar-refractivity contribution < 1.29 is 19.0 Å². The van der Waals surface area contributed by atoms with Crippen LogP contribution in [0.5, 0.6) is 5.75 Å². The quantitative estimate of drug-likeness (QED) is 0.720. The lowest BCUT2D eigenvalue weighted by Crippen LogP contribution is -2.41. The Balaban J connectivity index is 1.45. The first-order valence-electron chi connectivity index (χ1n) is 8.38. The van der Waals surface area contributed by atoms with E-state index in [0.717, 1.165) is 11.4 Å². The van der Waals surface area contributed by atoms with Crippen LogP contribution < -0.4 is 9.64 Å². The van der Waals surface area contributed by atoms with Crippen molar-refractivity contribution in [3.05, 3.63) is 58.1 Å². The van der Waals surface area contributed by atoms with Crippen LogP contribution in [0.25, 0.3) is 0 Å². The summed E-state index contributed by atoms with van der Waals surface area (Å²) in [6, 6.07) is 12.5. The number of rotatable bonds is 5. The Morgan fingerprint density at radius 1 is 1.04 bits per heavy atom. The Morgan fingerprint density at radius 3 is 2.46 bits per heavy atom. The summed E-state index contributed by atoms with van der Waals surface area (Å²) in [5, 5.41) is 1.21. The molecule has 0 radical (unpaired) electrons. The molecule has 7 heteroatoms. The van der Waals surface area contributed by atoms with Crippen molar-refractivity contribution in [2.45, 2.75) is 12.2 Å². The van der Waals surface area contributed by atoms with E-state index in [1.807, 2.05) is 18.2 Å². The van der Waals surface area contributed by atoms with E-state index < -0.39 is 5.79 Å². The van der Waals surface area contributed by atoms with Gasteiger partial charge in [-0.25, -0.2) is 0 Å². The smallest absolute Gasteiger partial charge is 0.292 e. The molecule has 2 aliphatic rings. The minimum absolute atomic E-state index is 0.209. The number of halogens is 2. The van der Waals surface area contributed by atoms with E-state index in [-0.39, 0.29) is 5.91 Å². The molecule has 2 aliphatic heterocycles. The zero-order valence-corrected chi connectivity index (χ0v) is 15.4. The summed E-state index contributed by atoms with van der Waals surface area (Å²) >= 11 is 12.0. The van der Waals surface area contributed by atoms with Gasteiger partial charge in [0.1, 0.15) is 5.75 Å². The lowest BCUT2D eigenvalue weighted by Gasteiger charge is -2.22. The minimum Gasteiger partial charge on any atom is -0.494 e. The summed E-state index contributed by atoms with van der Waals surface area (Å²) in [7, 11) is 0. The van der Waals surface area contributed by atoms with Crippen molar-refractivity contribution in [1.29, 1.82) is 0 Å². The van der Waals surface area contributed by atoms with Crippen LogP contribution in [-0.2, 0) is 20.1 Å². The minimum atomic E-state index is -1.35. The van der Waals surface area contributed by atoms with Gasteiger partial charge in [0.05, 0.1) is 25.5 Å². The number of amides is 1. The number of carbonyl (C=O) groups excluding carboxylic acids is 1. The van der Waals surface area contributed by atoms with Gasteiger partial charge in [-0.3, -0.25) is 4.79 Å². The fraction of sp³-hybridized carbons (Fsp3) is 0.316. The molecule has 2 heterocycles. The second-order valence-electron chi connectivity index (χ2n) is 6.09. The van der Waals surface area contributed by atoms with Crippen molar-refractivity contribution >= 4 is 34.8 Å². The largest absolute Gasteiger partial charge is 0.494 e. The number of nitrogens with zero attached hydrogens (tertiary/aromatic N) is 1. The molecule has 0 unspecified atom stereocenters. The van der Waals surface area contributed by atoms with Crippen molar-refractivity contribution in [1.82, 2.24) is 0 Å². The summed E-state index contributed by atoms with van der Waals surface area (Å²) in [6.07, 6.45) is 0.659. The van der Waals surface area contributed by atoms with Crippen LogP contribution in [0.2, 0.25) is 10.0 Å². The van der Waals surface area contributed by atoms with E-state index in [1.54, 1.807) is 29.2 Å². The van der Waals surface area contributed by atoms with Gasteiger partial charge in [-0.2, -0.15) is 0 Å². The fourth-order valence-electron chi connectivity index (χ4n) is 3.27. The Bertz CT molecular complexity index is 819. The van der Waals surface area contributed by atoms with Crippen LogP contribution in [0.3, 0.4) is 0 Å². The average Bonchev–Trinajstić information content (AvgIpc) is 3.21. The number of benzene rings is 2. The molecule has 0 aromatic heterocycles. The van der Waals surface area contributed by atoms with Gasteiger partial charge in [-0.05, 0) is 48.9 Å². The second-order valence-corrected chi connectivity index (χ2v) is 6.96. The molecule has 0 N–H and O–H groups in total. The Morgan fingerprint density at radius 2 is 1.73 bits per heavy atom. The standard InChI is InChI=1S/C19H17Cl2NO4/c20-13-2-5-15(6-3-13)24-9-1-8-22-17-7-4-14(21)12-16(17)19(18(22)23)25-10-11-26-19/h2-7,12H,1,8-11H2. The highest BCUT2D eigenvalue weighted by atomic mass is 35.5. The average molecular weight is 394 g/mol. The highest BCUT2D eigenvalue weighted by Gasteiger charge is 2.55. The zero-order valence-electron chi connectivity index (χ0n) is 13.9. The van der Waals surface area contributed by atoms with Gasteiger partial charge < -0.3 is 19.1 Å². The first-order valence-corrected chi connectivity index (χ1v) is 9.14. The molecule has 26 heavy (non-hydrogen) atoms. The van der Waals surface area contributed by atoms with E-state index in [0.29, 0.717) is 48.4 Å². The summed E-state index contributed by atoms with van der Waals surface area (Å²) in [4.78, 5) is 14.7. The molecule has 1 saturated heterocycles. The summed E-state index contributed by atoms with van der Waals surface area (Å²) in [5.41, 5.74) is 1.44. The van der Waals surface area contributed by atoms with Crippen molar-refractivity contribution in [2.75, 3.05) is 31.3 Å². The molecule has 0 atom stereocenters. The van der Waals surface area contributed by atoms with E-state index in [9.17, 15) is 4.79 Å². The predicted molar refractivity (Wildman–Crippen MR) is 99.0 cm³/mol. The Kier molecular flexibility index (Phi) is 4.80. The zero-order chi connectivity index (χ0) is 18.1. The molecule has 5 nitrogen and oxygen atoms in total. The van der Waals surface area contributed by atoms with E-state index in [2.05, 4.69) is 0 Å². The van der Waals surface area contributed by atoms with Gasteiger partial charge in [-0.15, -0.1) is 0 Å². The molecular weight excluding hydrogens is 377 g/mol. The second kappa shape index (κ2) is 7.08. The van der Waals surface area contributed by atoms with Crippen molar-refractivity contribution in [3.8, 4) is 5.75 Å². The third-order valence-corrected chi connectivity index (χ3v) is 4.92. The maximum Gasteiger partial charge on any atom is 0.292 e. The van der Waals surface area contributed by atoms with Gasteiger partial charge in [-0.1, -0.05) is 23.2 Å². The highest BCUT2D eigenvalue weighted by molar-refractivity contribution is 6.31. The maximum absolute atomic E-state index is 13.0. The monoisotopic (exact) mass is 393 g/mol. The molecule has 2 aromatic carbocycles. The van der Waals surface area contributed by atoms with E-state index in [1.165, 1.54) is 0 Å². The number of anilines is 1. The van der Waals surface area contributed by atoms with Gasteiger partial charge in [0, 0.05) is 22.2 Å². The number of carbonyl (C=O) groups is 1. The lowest BCUT2D eigenvalue weighted by molar-refractivity contribution is -0.180. The summed E-state index contributed by atoms with van der Waals surface area (Å²) < 4.78 is 17.1. The van der Waals surface area contributed by atoms with Gasteiger partial charge in [0.2, 0.25) is 0 Å². The van der Waals surface area contributed by atoms with Crippen LogP contribution >= 0.6 is 23.2 Å². The SMILES string of the molecule is O=C1N(CCCOc2ccc(Cl)cc2)c2ccc(Cl)cc2C12OCCO2. The summed E-state index contributed by atoms with van der Waals surface area (Å²) in [5.74, 6) is -0.816. The Labute approximate surface area is 161 Å². The van der Waals surface area contributed by atoms with Crippen LogP contribution in [0, 0.1) is 0 Å². The van der Waals surface area contributed by atoms with Crippen LogP contribution in [0.15, 0.2) is 42.5 Å². The lowest BCUT2D eigenvalue weighted by atomic mass is 10.1. The molecule has 0 bridgehead atoms. The fourth-order valence-corrected chi connectivity index (χ4v) is 3.56. The van der Waals surface area contributed by atoms with Crippen LogP contribution in [0.1, 0.15) is 12.0 Å². The third-order valence-electron chi connectivity index (χ3n) is 4.43. The van der Waals surface area contributed by atoms with E-state index in [4.69, 9.17) is 37.4 Å². The number of hydrogen-bond acceptors (Lipinski definition) is 4. The molecule has 0 aliphatic carbocycles. The highest BCUT2D eigenvalue weighted by Crippen LogP contribution is 2.46. The van der Waals surface area contributed by atoms with Gasteiger partial charge >= 0.3 is 0 Å². The molecule has 4 rings (SSSR count). The molecule has 136 valence electrons. The van der Waals surface area contributed by atoms with Crippen LogP contribution in [-0.4, -0.2) is 32.3 Å². The normalized spacial score (nSPS) is 17.8. The topological polar surface area (TPSA) is 48.0 Å². The van der Waals surface area contributed by atoms with E-state index >= 15 is 0 Å². The first kappa shape index (κ1) is 17.6. The van der Waals surface area contributed by atoms with Crippen LogP contribution in [0.4, 0.5) is 5.69 Å². The third kappa shape index (κ3) is 3.05. The summed E-state index contributed by atoms with van der Waals surface area (Å²) in [6.45, 7) is 1.73. The first-order chi connectivity index (χ1) is 12.6. The number of fused-ring (bicyclic) bond motifs is 2. The van der Waals surface area contributed by atoms with Crippen molar-refractivity contribution in [3.63, 3.8) is 0 Å². The van der Waals surface area contributed by atoms with Crippen molar-refractivity contribution in [2.24, 2.45) is 0 Å². The molecular formula is C19H17Cl2NO4. The maximum atomic E-state index is 13.0. The molecule has 0 saturated carbocycles. The molecule has 1 spiro atoms. The molecule has 1 amide bonds. The number of ether oxygens (including phenoxy) is 3. The molecule has 2 aromatic rings. The van der Waals surface area contributed by atoms with Gasteiger partial charge in [0.25, 0.3) is 11.7 Å². The Hall–Kier alpha value is -1.79.